The van der Waals surface area contributed by atoms with Crippen molar-refractivity contribution in [2.45, 2.75) is 45.6 Å². The maximum absolute atomic E-state index is 11.6. The van der Waals surface area contributed by atoms with Crippen molar-refractivity contribution in [3.05, 3.63) is 34.4 Å². The molecule has 1 unspecified atom stereocenters. The van der Waals surface area contributed by atoms with E-state index in [1.54, 1.807) is 6.92 Å². The highest BCUT2D eigenvalue weighted by molar-refractivity contribution is 5.69. The molecule has 1 atom stereocenters. The molecule has 132 valence electrons. The first-order chi connectivity index (χ1) is 11.4. The van der Waals surface area contributed by atoms with E-state index in [9.17, 15) is 19.7 Å². The summed E-state index contributed by atoms with van der Waals surface area (Å²) in [4.78, 5) is 33.0. The molecule has 8 nitrogen and oxygen atoms in total. The van der Waals surface area contributed by atoms with Crippen molar-refractivity contribution in [3.63, 3.8) is 0 Å². The van der Waals surface area contributed by atoms with E-state index in [4.69, 9.17) is 14.2 Å². The van der Waals surface area contributed by atoms with E-state index in [2.05, 4.69) is 0 Å². The van der Waals surface area contributed by atoms with Gasteiger partial charge in [-0.15, -0.1) is 0 Å². The molecule has 0 fully saturated rings. The number of carbonyl (C=O) groups is 2. The lowest BCUT2D eigenvalue weighted by Crippen LogP contribution is -2.24. The molecule has 0 bridgehead atoms. The number of unbranched alkanes of at least 4 members (excludes halogenated alkanes) is 2. The first kappa shape index (κ1) is 19.4. The second-order valence-corrected chi connectivity index (χ2v) is 5.17. The monoisotopic (exact) mass is 339 g/mol. The normalized spacial score (nSPS) is 11.4. The van der Waals surface area contributed by atoms with Crippen LogP contribution in [0.5, 0.6) is 5.75 Å². The number of nitro groups is 1. The summed E-state index contributed by atoms with van der Waals surface area (Å²) in [5.74, 6) is -0.211. The van der Waals surface area contributed by atoms with Crippen molar-refractivity contribution >= 4 is 17.8 Å². The SMILES string of the molecule is CCCCCC(=O)OCC(C)OC(=O)Oc1ccc([N+](=O)[O-])cc1. The van der Waals surface area contributed by atoms with Gasteiger partial charge in [0.05, 0.1) is 4.92 Å². The summed E-state index contributed by atoms with van der Waals surface area (Å²) < 4.78 is 14.8. The van der Waals surface area contributed by atoms with Gasteiger partial charge < -0.3 is 14.2 Å². The van der Waals surface area contributed by atoms with Gasteiger partial charge in [0.15, 0.2) is 0 Å². The number of nitrogens with zero attached hydrogens (tertiary/aromatic N) is 1. The molecule has 8 heteroatoms. The smallest absolute Gasteiger partial charge is 0.462 e. The summed E-state index contributed by atoms with van der Waals surface area (Å²) in [6.07, 6.45) is 1.45. The zero-order chi connectivity index (χ0) is 17.9. The maximum Gasteiger partial charge on any atom is 0.514 e. The van der Waals surface area contributed by atoms with Crippen molar-refractivity contribution in [1.29, 1.82) is 0 Å². The molecule has 1 aromatic carbocycles. The minimum Gasteiger partial charge on any atom is -0.462 e. The van der Waals surface area contributed by atoms with Gasteiger partial charge in [-0.3, -0.25) is 14.9 Å². The Bertz CT molecular complexity index is 556. The van der Waals surface area contributed by atoms with Crippen LogP contribution in [0, 0.1) is 10.1 Å². The van der Waals surface area contributed by atoms with Gasteiger partial charge in [0.1, 0.15) is 18.5 Å². The van der Waals surface area contributed by atoms with Crippen molar-refractivity contribution in [3.8, 4) is 5.75 Å². The third kappa shape index (κ3) is 7.57. The number of benzene rings is 1. The number of carbonyl (C=O) groups excluding carboxylic acids is 2. The molecule has 0 aliphatic rings. The largest absolute Gasteiger partial charge is 0.514 e. The minimum atomic E-state index is -0.974. The molecule has 0 heterocycles. The lowest BCUT2D eigenvalue weighted by molar-refractivity contribution is -0.384. The van der Waals surface area contributed by atoms with Crippen molar-refractivity contribution < 1.29 is 28.7 Å². The fourth-order valence-corrected chi connectivity index (χ4v) is 1.76. The molecule has 0 aliphatic heterocycles. The van der Waals surface area contributed by atoms with Gasteiger partial charge >= 0.3 is 12.1 Å². The van der Waals surface area contributed by atoms with E-state index in [1.165, 1.54) is 24.3 Å². The quantitative estimate of drug-likeness (QED) is 0.222. The third-order valence-electron chi connectivity index (χ3n) is 3.01. The minimum absolute atomic E-state index is 0.0552. The summed E-state index contributed by atoms with van der Waals surface area (Å²) in [5.41, 5.74) is -0.112. The summed E-state index contributed by atoms with van der Waals surface area (Å²) in [5, 5.41) is 10.5. The van der Waals surface area contributed by atoms with E-state index < -0.39 is 17.2 Å². The molecule has 1 rings (SSSR count). The van der Waals surface area contributed by atoms with Gasteiger partial charge in [-0.1, -0.05) is 19.8 Å². The third-order valence-corrected chi connectivity index (χ3v) is 3.01. The number of ether oxygens (including phenoxy) is 3. The zero-order valence-corrected chi connectivity index (χ0v) is 13.7. The topological polar surface area (TPSA) is 105 Å². The fraction of sp³-hybridized carbons (Fsp3) is 0.500. The van der Waals surface area contributed by atoms with E-state index in [1.807, 2.05) is 6.92 Å². The second-order valence-electron chi connectivity index (χ2n) is 5.17. The molecule has 1 aromatic rings. The molecular weight excluding hydrogens is 318 g/mol. The van der Waals surface area contributed by atoms with Crippen LogP contribution in [-0.4, -0.2) is 29.8 Å². The summed E-state index contributed by atoms with van der Waals surface area (Å²) in [6.45, 7) is 3.55. The molecule has 0 amide bonds. The summed E-state index contributed by atoms with van der Waals surface area (Å²) in [6, 6.07) is 5.00. The molecule has 0 saturated carbocycles. The van der Waals surface area contributed by atoms with Crippen LogP contribution in [0.3, 0.4) is 0 Å². The Hall–Kier alpha value is -2.64. The highest BCUT2D eigenvalue weighted by Gasteiger charge is 2.14. The van der Waals surface area contributed by atoms with E-state index in [-0.39, 0.29) is 24.0 Å². The molecule has 0 N–H and O–H groups in total. The number of esters is 1. The highest BCUT2D eigenvalue weighted by Crippen LogP contribution is 2.17. The van der Waals surface area contributed by atoms with Crippen molar-refractivity contribution in [1.82, 2.24) is 0 Å². The van der Waals surface area contributed by atoms with Gasteiger partial charge in [0.25, 0.3) is 5.69 Å². The van der Waals surface area contributed by atoms with Gasteiger partial charge in [-0.05, 0) is 25.5 Å². The van der Waals surface area contributed by atoms with Gasteiger partial charge in [-0.2, -0.15) is 0 Å². The van der Waals surface area contributed by atoms with Gasteiger partial charge in [0, 0.05) is 18.6 Å². The lowest BCUT2D eigenvalue weighted by atomic mass is 10.2. The van der Waals surface area contributed by atoms with Crippen LogP contribution in [0.1, 0.15) is 39.5 Å². The number of hydrogen-bond acceptors (Lipinski definition) is 7. The van der Waals surface area contributed by atoms with Crippen LogP contribution in [0.2, 0.25) is 0 Å². The Morgan fingerprint density at radius 1 is 1.21 bits per heavy atom. The Morgan fingerprint density at radius 2 is 1.88 bits per heavy atom. The Kier molecular flexibility index (Phi) is 8.24. The summed E-state index contributed by atoms with van der Waals surface area (Å²) in [7, 11) is 0. The van der Waals surface area contributed by atoms with E-state index >= 15 is 0 Å². The molecule has 0 aromatic heterocycles. The maximum atomic E-state index is 11.6. The van der Waals surface area contributed by atoms with E-state index in [0.717, 1.165) is 19.3 Å². The molecule has 0 aliphatic carbocycles. The molecule has 0 spiro atoms. The number of hydrogen-bond donors (Lipinski definition) is 0. The van der Waals surface area contributed by atoms with E-state index in [0.29, 0.717) is 6.42 Å². The van der Waals surface area contributed by atoms with Crippen LogP contribution < -0.4 is 4.74 Å². The van der Waals surface area contributed by atoms with Crippen LogP contribution in [-0.2, 0) is 14.3 Å². The zero-order valence-electron chi connectivity index (χ0n) is 13.7. The lowest BCUT2D eigenvalue weighted by Gasteiger charge is -2.13. The van der Waals surface area contributed by atoms with Crippen LogP contribution >= 0.6 is 0 Å². The number of non-ortho nitro benzene ring substituents is 1. The predicted octanol–water partition coefficient (Wildman–Crippen LogP) is 3.62. The van der Waals surface area contributed by atoms with Gasteiger partial charge in [-0.25, -0.2) is 4.79 Å². The number of rotatable bonds is 9. The van der Waals surface area contributed by atoms with Crippen molar-refractivity contribution in [2.75, 3.05) is 6.61 Å². The van der Waals surface area contributed by atoms with Gasteiger partial charge in [0.2, 0.25) is 0 Å². The van der Waals surface area contributed by atoms with Crippen LogP contribution in [0.25, 0.3) is 0 Å². The average Bonchev–Trinajstić information content (AvgIpc) is 2.53. The Balaban J connectivity index is 2.31. The molecule has 24 heavy (non-hydrogen) atoms. The standard InChI is InChI=1S/C16H21NO7/c1-3-4-5-6-15(18)22-11-12(2)23-16(19)24-14-9-7-13(8-10-14)17(20)21/h7-10,12H,3-6,11H2,1-2H3. The predicted molar refractivity (Wildman–Crippen MR) is 84.8 cm³/mol. The summed E-state index contributed by atoms with van der Waals surface area (Å²) >= 11 is 0. The van der Waals surface area contributed by atoms with Crippen LogP contribution in [0.4, 0.5) is 10.5 Å². The Labute approximate surface area is 139 Å². The first-order valence-corrected chi connectivity index (χ1v) is 7.71. The fourth-order valence-electron chi connectivity index (χ4n) is 1.76. The average molecular weight is 339 g/mol. The molecular formula is C16H21NO7. The van der Waals surface area contributed by atoms with Crippen molar-refractivity contribution in [2.24, 2.45) is 0 Å². The number of nitro benzene ring substituents is 1. The molecule has 0 saturated heterocycles. The Morgan fingerprint density at radius 3 is 2.46 bits per heavy atom. The molecule has 0 radical (unpaired) electrons. The first-order valence-electron chi connectivity index (χ1n) is 7.71. The highest BCUT2D eigenvalue weighted by atomic mass is 16.7. The second kappa shape index (κ2) is 10.2. The van der Waals surface area contributed by atoms with Crippen LogP contribution in [0.15, 0.2) is 24.3 Å².